The second kappa shape index (κ2) is 14.1. The Bertz CT molecular complexity index is 1430. The Balaban J connectivity index is 1.71. The van der Waals surface area contributed by atoms with Crippen molar-refractivity contribution in [2.45, 2.75) is 68.7 Å². The Morgan fingerprint density at radius 2 is 1.86 bits per heavy atom. The van der Waals surface area contributed by atoms with Crippen molar-refractivity contribution in [3.8, 4) is 11.1 Å². The number of carboxylic acids is 1. The van der Waals surface area contributed by atoms with Gasteiger partial charge in [-0.25, -0.2) is 8.42 Å². The molecule has 0 aliphatic carbocycles. The van der Waals surface area contributed by atoms with E-state index in [4.69, 9.17) is 5.11 Å². The van der Waals surface area contributed by atoms with E-state index in [1.54, 1.807) is 11.3 Å². The number of aromatic nitrogens is 1. The van der Waals surface area contributed by atoms with E-state index in [0.29, 0.717) is 11.8 Å². The number of carboxylic acid groups (broad SMARTS) is 1. The van der Waals surface area contributed by atoms with Crippen molar-refractivity contribution in [1.82, 2.24) is 14.6 Å². The summed E-state index contributed by atoms with van der Waals surface area (Å²) in [6, 6.07) is 7.59. The zero-order valence-corrected chi connectivity index (χ0v) is 25.3. The highest BCUT2D eigenvalue weighted by Crippen LogP contribution is 2.35. The van der Waals surface area contributed by atoms with Crippen molar-refractivity contribution in [3.63, 3.8) is 0 Å². The molecule has 42 heavy (non-hydrogen) atoms. The largest absolute Gasteiger partial charge is 0.481 e. The molecule has 2 heterocycles. The van der Waals surface area contributed by atoms with Crippen LogP contribution in [0.5, 0.6) is 0 Å². The highest BCUT2D eigenvalue weighted by atomic mass is 32.2. The molecule has 3 N–H and O–H groups in total. The molecule has 3 aromatic rings. The van der Waals surface area contributed by atoms with Gasteiger partial charge in [0.1, 0.15) is 0 Å². The predicted octanol–water partition coefficient (Wildman–Crippen LogP) is 5.22. The number of halogens is 3. The van der Waals surface area contributed by atoms with Crippen molar-refractivity contribution in [3.05, 3.63) is 70.2 Å². The van der Waals surface area contributed by atoms with Crippen LogP contribution in [-0.2, 0) is 33.8 Å². The smallest absolute Gasteiger partial charge is 0.416 e. The molecule has 1 unspecified atom stereocenters. The van der Waals surface area contributed by atoms with Gasteiger partial charge in [-0.1, -0.05) is 6.07 Å². The normalized spacial score (nSPS) is 13.4. The molecule has 0 bridgehead atoms. The van der Waals surface area contributed by atoms with E-state index in [2.05, 4.69) is 21.7 Å². The van der Waals surface area contributed by atoms with Crippen LogP contribution in [0.2, 0.25) is 0 Å². The second-order valence-electron chi connectivity index (χ2n) is 10.9. The Labute approximate surface area is 248 Å². The zero-order valence-electron chi connectivity index (χ0n) is 23.7. The SMILES string of the molecule is CN(CC(O)CNC(C)(C)CCCc1ccsc1)S(=O)(=O)c1cc(-c2ccc(CCC(=O)O)nc2)cc(C(F)(F)F)c1. The van der Waals surface area contributed by atoms with E-state index in [1.807, 2.05) is 19.2 Å². The lowest BCUT2D eigenvalue weighted by atomic mass is 9.96. The lowest BCUT2D eigenvalue weighted by Crippen LogP contribution is -2.46. The topological polar surface area (TPSA) is 120 Å². The number of aliphatic hydroxyl groups excluding tert-OH is 1. The molecule has 0 spiro atoms. The number of rotatable bonds is 15. The number of aryl methyl sites for hydroxylation is 2. The second-order valence-corrected chi connectivity index (χ2v) is 13.7. The van der Waals surface area contributed by atoms with Gasteiger partial charge in [0, 0.05) is 49.6 Å². The number of nitrogens with one attached hydrogen (secondary N) is 1. The summed E-state index contributed by atoms with van der Waals surface area (Å²) in [5, 5.41) is 26.8. The molecule has 8 nitrogen and oxygen atoms in total. The summed E-state index contributed by atoms with van der Waals surface area (Å²) in [5.41, 5.74) is 0.471. The number of thiophene rings is 1. The zero-order chi connectivity index (χ0) is 31.1. The van der Waals surface area contributed by atoms with E-state index in [0.717, 1.165) is 35.7 Å². The quantitative estimate of drug-likeness (QED) is 0.211. The summed E-state index contributed by atoms with van der Waals surface area (Å²) in [5.74, 6) is -1.01. The number of pyridine rings is 1. The van der Waals surface area contributed by atoms with Crippen LogP contribution in [0.25, 0.3) is 11.1 Å². The third-order valence-electron chi connectivity index (χ3n) is 6.83. The molecule has 0 saturated carbocycles. The van der Waals surface area contributed by atoms with Gasteiger partial charge in [-0.05, 0) is 85.3 Å². The van der Waals surface area contributed by atoms with Gasteiger partial charge in [0.25, 0.3) is 0 Å². The van der Waals surface area contributed by atoms with Gasteiger partial charge in [-0.3, -0.25) is 9.78 Å². The molecule has 2 aromatic heterocycles. The first kappa shape index (κ1) is 33.7. The average Bonchev–Trinajstić information content (AvgIpc) is 3.44. The summed E-state index contributed by atoms with van der Waals surface area (Å²) in [4.78, 5) is 14.3. The fourth-order valence-electron chi connectivity index (χ4n) is 4.35. The predicted molar refractivity (Wildman–Crippen MR) is 156 cm³/mol. The number of carbonyl (C=O) groups is 1. The molecule has 3 rings (SSSR count). The van der Waals surface area contributed by atoms with Crippen LogP contribution >= 0.6 is 11.3 Å². The molecule has 0 amide bonds. The number of aliphatic hydroxyl groups is 1. The van der Waals surface area contributed by atoms with E-state index in [-0.39, 0.29) is 42.6 Å². The molecule has 0 fully saturated rings. The molecule has 0 saturated heterocycles. The maximum atomic E-state index is 13.8. The summed E-state index contributed by atoms with van der Waals surface area (Å²) >= 11 is 1.64. The number of alkyl halides is 3. The van der Waals surface area contributed by atoms with E-state index >= 15 is 0 Å². The number of hydrogen-bond acceptors (Lipinski definition) is 7. The van der Waals surface area contributed by atoms with Gasteiger partial charge in [0.15, 0.2) is 0 Å². The van der Waals surface area contributed by atoms with Crippen LogP contribution in [0.15, 0.2) is 58.3 Å². The van der Waals surface area contributed by atoms with Gasteiger partial charge in [0.2, 0.25) is 10.0 Å². The van der Waals surface area contributed by atoms with Gasteiger partial charge in [-0.15, -0.1) is 0 Å². The minimum atomic E-state index is -4.81. The first-order valence-corrected chi connectivity index (χ1v) is 15.7. The van der Waals surface area contributed by atoms with Crippen molar-refractivity contribution >= 4 is 27.3 Å². The van der Waals surface area contributed by atoms with Gasteiger partial charge < -0.3 is 15.5 Å². The van der Waals surface area contributed by atoms with E-state index in [9.17, 15) is 31.5 Å². The first-order chi connectivity index (χ1) is 19.6. The van der Waals surface area contributed by atoms with Crippen molar-refractivity contribution in [1.29, 1.82) is 0 Å². The fraction of sp³-hybridized carbons (Fsp3) is 0.448. The summed E-state index contributed by atoms with van der Waals surface area (Å²) < 4.78 is 68.8. The lowest BCUT2D eigenvalue weighted by Gasteiger charge is -2.29. The van der Waals surface area contributed by atoms with Crippen LogP contribution in [0.4, 0.5) is 13.2 Å². The highest BCUT2D eigenvalue weighted by molar-refractivity contribution is 7.89. The van der Waals surface area contributed by atoms with Gasteiger partial charge in [-0.2, -0.15) is 28.8 Å². The van der Waals surface area contributed by atoms with Crippen LogP contribution in [0, 0.1) is 0 Å². The summed E-state index contributed by atoms with van der Waals surface area (Å²) in [6.45, 7) is 3.75. The maximum Gasteiger partial charge on any atom is 0.416 e. The molecule has 0 aliphatic rings. The van der Waals surface area contributed by atoms with Crippen molar-refractivity contribution < 1.29 is 36.6 Å². The monoisotopic (exact) mass is 627 g/mol. The Kier molecular flexibility index (Phi) is 11.3. The van der Waals surface area contributed by atoms with Crippen molar-refractivity contribution in [2.24, 2.45) is 0 Å². The maximum absolute atomic E-state index is 13.8. The molecular weight excluding hydrogens is 591 g/mol. The molecule has 230 valence electrons. The fourth-order valence-corrected chi connectivity index (χ4v) is 6.33. The Hall–Kier alpha value is -2.84. The van der Waals surface area contributed by atoms with Crippen LogP contribution in [0.3, 0.4) is 0 Å². The van der Waals surface area contributed by atoms with Crippen LogP contribution < -0.4 is 5.32 Å². The number of β-amino-alcohol motifs (C(OH)–C–C–N with tert-alkyl or cyclic N) is 1. The Morgan fingerprint density at radius 3 is 2.45 bits per heavy atom. The lowest BCUT2D eigenvalue weighted by molar-refractivity contribution is -0.138. The number of benzene rings is 1. The standard InChI is InChI=1S/C29H36F3N3O5S2/c1-28(2,11-4-5-20-10-12-41-19-20)34-17-25(36)18-35(3)42(39,40)26-14-22(13-23(15-26)29(30,31)32)21-6-7-24(33-16-21)8-9-27(37)38/h6-7,10,12-16,19,25,34,36H,4-5,8-9,11,17-18H2,1-3H3,(H,37,38). The van der Waals surface area contributed by atoms with Crippen molar-refractivity contribution in [2.75, 3.05) is 20.1 Å². The number of hydrogen-bond donors (Lipinski definition) is 3. The Morgan fingerprint density at radius 1 is 1.12 bits per heavy atom. The van der Waals surface area contributed by atoms with E-state index in [1.165, 1.54) is 30.9 Å². The number of sulfonamides is 1. The molecule has 1 atom stereocenters. The van der Waals surface area contributed by atoms with Crippen LogP contribution in [0.1, 0.15) is 49.9 Å². The van der Waals surface area contributed by atoms with E-state index < -0.39 is 38.7 Å². The first-order valence-electron chi connectivity index (χ1n) is 13.4. The molecule has 1 aromatic carbocycles. The average molecular weight is 628 g/mol. The van der Waals surface area contributed by atoms with Gasteiger partial charge in [0.05, 0.1) is 23.0 Å². The molecule has 0 aliphatic heterocycles. The third kappa shape index (κ3) is 9.87. The molecular formula is C29H36F3N3O5S2. The summed E-state index contributed by atoms with van der Waals surface area (Å²) in [7, 11) is -3.19. The molecule has 0 radical (unpaired) electrons. The minimum Gasteiger partial charge on any atom is -0.481 e. The van der Waals surface area contributed by atoms with Gasteiger partial charge >= 0.3 is 12.1 Å². The molecule has 13 heteroatoms. The number of aliphatic carboxylic acids is 1. The highest BCUT2D eigenvalue weighted by Gasteiger charge is 2.34. The minimum absolute atomic E-state index is 0.0134. The number of nitrogens with zero attached hydrogens (tertiary/aromatic N) is 2. The third-order valence-corrected chi connectivity index (χ3v) is 9.36. The summed E-state index contributed by atoms with van der Waals surface area (Å²) in [6.07, 6.45) is -1.95. The number of likely N-dealkylation sites (N-methyl/N-ethyl adjacent to an activating group) is 1. The van der Waals surface area contributed by atoms with Crippen LogP contribution in [-0.4, -0.2) is 65.7 Å².